The minimum atomic E-state index is -0.808. The molecule has 118 valence electrons. The van der Waals surface area contributed by atoms with Crippen molar-refractivity contribution < 1.29 is 19.1 Å². The van der Waals surface area contributed by atoms with Gasteiger partial charge >= 0.3 is 11.9 Å². The number of benzene rings is 2. The quantitative estimate of drug-likeness (QED) is 0.484. The van der Waals surface area contributed by atoms with E-state index in [1.807, 2.05) is 48.5 Å². The molecule has 4 heteroatoms. The summed E-state index contributed by atoms with van der Waals surface area (Å²) >= 11 is 0. The molecule has 0 spiro atoms. The van der Waals surface area contributed by atoms with Crippen molar-refractivity contribution in [2.45, 2.75) is 17.8 Å². The second-order valence-corrected chi connectivity index (χ2v) is 6.74. The molecule has 2 unspecified atom stereocenters. The predicted molar refractivity (Wildman–Crippen MR) is 84.3 cm³/mol. The van der Waals surface area contributed by atoms with Crippen LogP contribution in [-0.2, 0) is 24.5 Å². The summed E-state index contributed by atoms with van der Waals surface area (Å²) in [6.45, 7) is 0. The molecule has 0 amide bonds. The van der Waals surface area contributed by atoms with Crippen LogP contribution in [0.2, 0.25) is 0 Å². The second-order valence-electron chi connectivity index (χ2n) is 6.74. The highest BCUT2D eigenvalue weighted by Gasteiger charge is 2.67. The maximum Gasteiger partial charge on any atom is 0.318 e. The lowest BCUT2D eigenvalue weighted by Crippen LogP contribution is -2.53. The molecule has 0 radical (unpaired) electrons. The highest BCUT2D eigenvalue weighted by atomic mass is 16.6. The van der Waals surface area contributed by atoms with Crippen LogP contribution in [0.1, 0.15) is 34.6 Å². The molecule has 1 saturated heterocycles. The van der Waals surface area contributed by atoms with E-state index in [0.717, 1.165) is 28.5 Å². The molecule has 2 aromatic carbocycles. The average molecular weight is 318 g/mol. The summed E-state index contributed by atoms with van der Waals surface area (Å²) in [6.07, 6.45) is 1.02. The van der Waals surface area contributed by atoms with Crippen molar-refractivity contribution in [1.82, 2.24) is 0 Å². The molecule has 3 aliphatic carbocycles. The van der Waals surface area contributed by atoms with Gasteiger partial charge in [0.1, 0.15) is 6.29 Å². The number of cyclic esters (lactones) is 2. The molecular weight excluding hydrogens is 304 g/mol. The number of hydrogen-bond acceptors (Lipinski definition) is 4. The number of carbonyl (C=O) groups excluding carboxylic acids is 3. The van der Waals surface area contributed by atoms with Crippen molar-refractivity contribution in [3.8, 4) is 0 Å². The molecule has 2 atom stereocenters. The van der Waals surface area contributed by atoms with Crippen LogP contribution in [0.15, 0.2) is 48.5 Å². The Kier molecular flexibility index (Phi) is 2.51. The van der Waals surface area contributed by atoms with Crippen LogP contribution in [0.3, 0.4) is 0 Å². The van der Waals surface area contributed by atoms with Gasteiger partial charge in [-0.2, -0.15) is 0 Å². The lowest BCUT2D eigenvalue weighted by atomic mass is 9.46. The highest BCUT2D eigenvalue weighted by molar-refractivity contribution is 6.01. The molecule has 1 aliphatic heterocycles. The summed E-state index contributed by atoms with van der Waals surface area (Å²) in [5.41, 5.74) is 3.22. The summed E-state index contributed by atoms with van der Waals surface area (Å²) in [5.74, 6) is -2.31. The average Bonchev–Trinajstić information content (AvgIpc) is 2.91. The van der Waals surface area contributed by atoms with Crippen LogP contribution in [0.4, 0.5) is 0 Å². The Bertz CT molecular complexity index is 866. The van der Waals surface area contributed by atoms with E-state index in [2.05, 4.69) is 0 Å². The van der Waals surface area contributed by atoms with E-state index < -0.39 is 29.2 Å². The van der Waals surface area contributed by atoms with Crippen molar-refractivity contribution in [3.05, 3.63) is 70.8 Å². The Morgan fingerprint density at radius 1 is 0.917 bits per heavy atom. The summed E-state index contributed by atoms with van der Waals surface area (Å²) < 4.78 is 5.03. The van der Waals surface area contributed by atoms with E-state index in [4.69, 9.17) is 4.74 Å². The Morgan fingerprint density at radius 3 is 2.08 bits per heavy atom. The largest absolute Gasteiger partial charge is 0.393 e. The first-order valence-electron chi connectivity index (χ1n) is 8.08. The first-order valence-corrected chi connectivity index (χ1v) is 8.08. The van der Waals surface area contributed by atoms with E-state index in [1.54, 1.807) is 0 Å². The van der Waals surface area contributed by atoms with Gasteiger partial charge in [-0.05, 0) is 22.3 Å². The summed E-state index contributed by atoms with van der Waals surface area (Å²) in [7, 11) is 0. The van der Waals surface area contributed by atoms with Crippen LogP contribution >= 0.6 is 0 Å². The molecule has 0 N–H and O–H groups in total. The number of rotatable bonds is 2. The normalized spacial score (nSPS) is 31.9. The third-order valence-electron chi connectivity index (χ3n) is 5.93. The van der Waals surface area contributed by atoms with Gasteiger partial charge in [0, 0.05) is 17.8 Å². The zero-order valence-electron chi connectivity index (χ0n) is 12.8. The van der Waals surface area contributed by atoms with Gasteiger partial charge in [-0.1, -0.05) is 48.5 Å². The van der Waals surface area contributed by atoms with Crippen molar-refractivity contribution in [2.24, 2.45) is 11.8 Å². The highest BCUT2D eigenvalue weighted by Crippen LogP contribution is 2.64. The molecule has 0 saturated carbocycles. The second kappa shape index (κ2) is 4.41. The summed E-state index contributed by atoms with van der Waals surface area (Å²) in [5, 5.41) is 0. The van der Waals surface area contributed by atoms with Crippen molar-refractivity contribution >= 4 is 18.2 Å². The predicted octanol–water partition coefficient (Wildman–Crippen LogP) is 2.34. The van der Waals surface area contributed by atoms with Gasteiger partial charge in [-0.25, -0.2) is 0 Å². The maximum absolute atomic E-state index is 12.5. The van der Waals surface area contributed by atoms with E-state index in [-0.39, 0.29) is 12.3 Å². The number of aldehydes is 1. The minimum Gasteiger partial charge on any atom is -0.393 e. The van der Waals surface area contributed by atoms with Gasteiger partial charge in [0.2, 0.25) is 0 Å². The van der Waals surface area contributed by atoms with Gasteiger partial charge in [-0.15, -0.1) is 0 Å². The third kappa shape index (κ3) is 1.34. The smallest absolute Gasteiger partial charge is 0.318 e. The molecule has 4 nitrogen and oxygen atoms in total. The Labute approximate surface area is 138 Å². The summed E-state index contributed by atoms with van der Waals surface area (Å²) in [6, 6.07) is 15.7. The molecule has 24 heavy (non-hydrogen) atoms. The third-order valence-corrected chi connectivity index (χ3v) is 5.93. The topological polar surface area (TPSA) is 60.4 Å². The monoisotopic (exact) mass is 318 g/mol. The molecule has 2 aromatic rings. The van der Waals surface area contributed by atoms with Crippen LogP contribution in [0, 0.1) is 11.8 Å². The van der Waals surface area contributed by atoms with Crippen LogP contribution in [-0.4, -0.2) is 18.2 Å². The van der Waals surface area contributed by atoms with E-state index in [1.165, 1.54) is 0 Å². The van der Waals surface area contributed by atoms with Gasteiger partial charge in [0.25, 0.3) is 0 Å². The zero-order valence-corrected chi connectivity index (χ0v) is 12.8. The first-order chi connectivity index (χ1) is 11.7. The van der Waals surface area contributed by atoms with Crippen LogP contribution in [0.25, 0.3) is 0 Å². The van der Waals surface area contributed by atoms with Crippen molar-refractivity contribution in [1.29, 1.82) is 0 Å². The Morgan fingerprint density at radius 2 is 1.50 bits per heavy atom. The zero-order chi connectivity index (χ0) is 16.5. The Hall–Kier alpha value is -2.75. The van der Waals surface area contributed by atoms with E-state index in [0.29, 0.717) is 0 Å². The standard InChI is InChI=1S/C20H14O4/c21-10-9-20-13-7-3-1-5-11(13)15(12-6-2-4-8-14(12)20)16-17(20)19(23)24-18(16)22/h1-8,10,15-17H,9H2. The van der Waals surface area contributed by atoms with Gasteiger partial charge < -0.3 is 9.53 Å². The number of ether oxygens (including phenoxy) is 1. The molecule has 4 aliphatic rings. The van der Waals surface area contributed by atoms with Crippen LogP contribution in [0.5, 0.6) is 0 Å². The first kappa shape index (κ1) is 13.7. The number of esters is 2. The number of carbonyl (C=O) groups is 3. The van der Waals surface area contributed by atoms with Crippen LogP contribution < -0.4 is 0 Å². The lowest BCUT2D eigenvalue weighted by Gasteiger charge is -2.53. The number of hydrogen-bond donors (Lipinski definition) is 0. The van der Waals surface area contributed by atoms with Crippen molar-refractivity contribution in [3.63, 3.8) is 0 Å². The minimum absolute atomic E-state index is 0.164. The lowest BCUT2D eigenvalue weighted by molar-refractivity contribution is -0.154. The summed E-state index contributed by atoms with van der Waals surface area (Å²) in [4.78, 5) is 36.6. The Balaban J connectivity index is 1.95. The van der Waals surface area contributed by atoms with Gasteiger partial charge in [0.15, 0.2) is 0 Å². The van der Waals surface area contributed by atoms with Crippen molar-refractivity contribution in [2.75, 3.05) is 0 Å². The molecule has 0 aromatic heterocycles. The van der Waals surface area contributed by atoms with E-state index in [9.17, 15) is 14.4 Å². The van der Waals surface area contributed by atoms with Gasteiger partial charge in [0.05, 0.1) is 11.8 Å². The fourth-order valence-electron chi connectivity index (χ4n) is 5.21. The van der Waals surface area contributed by atoms with E-state index >= 15 is 0 Å². The molecular formula is C20H14O4. The molecule has 6 rings (SSSR count). The fourth-order valence-corrected chi connectivity index (χ4v) is 5.21. The maximum atomic E-state index is 12.5. The molecule has 1 fully saturated rings. The molecule has 2 bridgehead atoms. The van der Waals surface area contributed by atoms with Gasteiger partial charge in [-0.3, -0.25) is 9.59 Å². The SMILES string of the molecule is O=CCC12c3ccccc3C(c3ccccc31)C1C(=O)OC(=O)C12. The molecule has 1 heterocycles. The fraction of sp³-hybridized carbons (Fsp3) is 0.250.